The second kappa shape index (κ2) is 8.98. The lowest BCUT2D eigenvalue weighted by atomic mass is 10.1. The first kappa shape index (κ1) is 15.0. The number of ether oxygens (including phenoxy) is 1. The van der Waals surface area contributed by atoms with Crippen molar-refractivity contribution in [3.05, 3.63) is 29.8 Å². The van der Waals surface area contributed by atoms with Crippen LogP contribution in [0, 0.1) is 5.92 Å². The van der Waals surface area contributed by atoms with Crippen molar-refractivity contribution in [2.75, 3.05) is 13.2 Å². The minimum absolute atomic E-state index is 0.673. The maximum Gasteiger partial charge on any atom is 0.119 e. The summed E-state index contributed by atoms with van der Waals surface area (Å²) < 4.78 is 5.87. The van der Waals surface area contributed by atoms with E-state index in [4.69, 9.17) is 4.74 Å². The monoisotopic (exact) mass is 249 g/mol. The van der Waals surface area contributed by atoms with Gasteiger partial charge in [0.05, 0.1) is 6.61 Å². The standard InChI is InChI=1S/C16H27NO/c1-4-10-17-12-15-8-7-9-16(11-15)18-13-14(5-2)6-3/h7-9,11,14,17H,4-6,10,12-13H2,1-3H3. The highest BCUT2D eigenvalue weighted by molar-refractivity contribution is 5.28. The quantitative estimate of drug-likeness (QED) is 0.668. The van der Waals surface area contributed by atoms with Crippen LogP contribution in [0.5, 0.6) is 5.75 Å². The summed E-state index contributed by atoms with van der Waals surface area (Å²) in [5, 5.41) is 3.41. The topological polar surface area (TPSA) is 21.3 Å². The Hall–Kier alpha value is -1.02. The summed E-state index contributed by atoms with van der Waals surface area (Å²) in [6, 6.07) is 8.41. The molecule has 1 rings (SSSR count). The molecule has 0 atom stereocenters. The second-order valence-electron chi connectivity index (χ2n) is 4.82. The Morgan fingerprint density at radius 2 is 1.94 bits per heavy atom. The highest BCUT2D eigenvalue weighted by Crippen LogP contribution is 2.16. The van der Waals surface area contributed by atoms with Gasteiger partial charge in [-0.1, -0.05) is 45.7 Å². The van der Waals surface area contributed by atoms with Gasteiger partial charge in [-0.2, -0.15) is 0 Å². The summed E-state index contributed by atoms with van der Waals surface area (Å²) >= 11 is 0. The van der Waals surface area contributed by atoms with Gasteiger partial charge >= 0.3 is 0 Å². The van der Waals surface area contributed by atoms with E-state index >= 15 is 0 Å². The number of hydrogen-bond donors (Lipinski definition) is 1. The molecule has 0 aliphatic carbocycles. The molecule has 0 bridgehead atoms. The maximum absolute atomic E-state index is 5.87. The van der Waals surface area contributed by atoms with E-state index in [0.717, 1.165) is 25.4 Å². The van der Waals surface area contributed by atoms with Crippen LogP contribution in [0.3, 0.4) is 0 Å². The van der Waals surface area contributed by atoms with Crippen LogP contribution < -0.4 is 10.1 Å². The van der Waals surface area contributed by atoms with Crippen molar-refractivity contribution in [3.63, 3.8) is 0 Å². The third-order valence-electron chi connectivity index (χ3n) is 3.29. The van der Waals surface area contributed by atoms with Crippen LogP contribution in [0.15, 0.2) is 24.3 Å². The first-order chi connectivity index (χ1) is 8.80. The molecule has 0 spiro atoms. The Morgan fingerprint density at radius 1 is 1.17 bits per heavy atom. The predicted molar refractivity (Wildman–Crippen MR) is 78.0 cm³/mol. The van der Waals surface area contributed by atoms with Gasteiger partial charge in [0.15, 0.2) is 0 Å². The maximum atomic E-state index is 5.87. The van der Waals surface area contributed by atoms with Gasteiger partial charge in [0, 0.05) is 6.54 Å². The van der Waals surface area contributed by atoms with Crippen LogP contribution in [0.4, 0.5) is 0 Å². The molecule has 0 amide bonds. The SMILES string of the molecule is CCCNCc1cccc(OCC(CC)CC)c1. The van der Waals surface area contributed by atoms with Crippen LogP contribution in [0.25, 0.3) is 0 Å². The lowest BCUT2D eigenvalue weighted by Crippen LogP contribution is -2.14. The first-order valence-corrected chi connectivity index (χ1v) is 7.22. The Morgan fingerprint density at radius 3 is 2.61 bits per heavy atom. The van der Waals surface area contributed by atoms with Crippen molar-refractivity contribution in [2.45, 2.75) is 46.6 Å². The molecule has 0 heterocycles. The number of benzene rings is 1. The van der Waals surface area contributed by atoms with Gasteiger partial charge in [0.2, 0.25) is 0 Å². The zero-order valence-corrected chi connectivity index (χ0v) is 12.0. The van der Waals surface area contributed by atoms with Gasteiger partial charge < -0.3 is 10.1 Å². The molecule has 0 saturated heterocycles. The molecule has 0 fully saturated rings. The largest absolute Gasteiger partial charge is 0.493 e. The average Bonchev–Trinajstić information content (AvgIpc) is 2.41. The third kappa shape index (κ3) is 5.54. The highest BCUT2D eigenvalue weighted by atomic mass is 16.5. The van der Waals surface area contributed by atoms with Gasteiger partial charge in [-0.25, -0.2) is 0 Å². The van der Waals surface area contributed by atoms with Gasteiger partial charge in [-0.05, 0) is 36.6 Å². The molecule has 0 aromatic heterocycles. The summed E-state index contributed by atoms with van der Waals surface area (Å²) in [5.41, 5.74) is 1.30. The van der Waals surface area contributed by atoms with E-state index in [1.807, 2.05) is 6.07 Å². The third-order valence-corrected chi connectivity index (χ3v) is 3.29. The van der Waals surface area contributed by atoms with E-state index in [-0.39, 0.29) is 0 Å². The van der Waals surface area contributed by atoms with Crippen LogP contribution in [0.2, 0.25) is 0 Å². The number of hydrogen-bond acceptors (Lipinski definition) is 2. The molecule has 1 aromatic rings. The van der Waals surface area contributed by atoms with E-state index < -0.39 is 0 Å². The van der Waals surface area contributed by atoms with Crippen molar-refractivity contribution >= 4 is 0 Å². The fourth-order valence-corrected chi connectivity index (χ4v) is 1.89. The Balaban J connectivity index is 2.43. The van der Waals surface area contributed by atoms with Crippen molar-refractivity contribution in [1.82, 2.24) is 5.32 Å². The van der Waals surface area contributed by atoms with Gasteiger partial charge in [0.1, 0.15) is 5.75 Å². The predicted octanol–water partition coefficient (Wildman–Crippen LogP) is 4.00. The van der Waals surface area contributed by atoms with Crippen LogP contribution >= 0.6 is 0 Å². The second-order valence-corrected chi connectivity index (χ2v) is 4.82. The van der Waals surface area contributed by atoms with E-state index in [2.05, 4.69) is 44.3 Å². The summed E-state index contributed by atoms with van der Waals surface area (Å²) in [4.78, 5) is 0. The molecule has 2 heteroatoms. The minimum atomic E-state index is 0.673. The van der Waals surface area contributed by atoms with Gasteiger partial charge in [-0.3, -0.25) is 0 Å². The van der Waals surface area contributed by atoms with E-state index in [9.17, 15) is 0 Å². The molecule has 1 N–H and O–H groups in total. The minimum Gasteiger partial charge on any atom is -0.493 e. The fraction of sp³-hybridized carbons (Fsp3) is 0.625. The molecule has 18 heavy (non-hydrogen) atoms. The van der Waals surface area contributed by atoms with Crippen LogP contribution in [-0.2, 0) is 6.54 Å². The van der Waals surface area contributed by atoms with Crippen molar-refractivity contribution in [1.29, 1.82) is 0 Å². The zero-order valence-electron chi connectivity index (χ0n) is 12.0. The highest BCUT2D eigenvalue weighted by Gasteiger charge is 2.04. The smallest absolute Gasteiger partial charge is 0.119 e. The first-order valence-electron chi connectivity index (χ1n) is 7.22. The fourth-order valence-electron chi connectivity index (χ4n) is 1.89. The van der Waals surface area contributed by atoms with Crippen LogP contribution in [0.1, 0.15) is 45.6 Å². The summed E-state index contributed by atoms with van der Waals surface area (Å²) in [6.07, 6.45) is 3.55. The summed E-state index contributed by atoms with van der Waals surface area (Å²) in [5.74, 6) is 1.67. The number of rotatable bonds is 9. The van der Waals surface area contributed by atoms with Crippen molar-refractivity contribution in [2.24, 2.45) is 5.92 Å². The average molecular weight is 249 g/mol. The molecule has 1 aromatic carbocycles. The molecule has 2 nitrogen and oxygen atoms in total. The Kier molecular flexibility index (Phi) is 7.51. The zero-order chi connectivity index (χ0) is 13.2. The Bertz CT molecular complexity index is 321. The molecule has 0 unspecified atom stereocenters. The normalized spacial score (nSPS) is 10.9. The molecular formula is C16H27NO. The summed E-state index contributed by atoms with van der Waals surface area (Å²) in [6.45, 7) is 9.46. The van der Waals surface area contributed by atoms with Crippen molar-refractivity contribution in [3.8, 4) is 5.75 Å². The van der Waals surface area contributed by atoms with Crippen molar-refractivity contribution < 1.29 is 4.74 Å². The molecule has 0 aliphatic heterocycles. The van der Waals surface area contributed by atoms with E-state index in [0.29, 0.717) is 5.92 Å². The van der Waals surface area contributed by atoms with Gasteiger partial charge in [0.25, 0.3) is 0 Å². The number of nitrogens with one attached hydrogen (secondary N) is 1. The molecule has 0 radical (unpaired) electrons. The lowest BCUT2D eigenvalue weighted by molar-refractivity contribution is 0.240. The van der Waals surface area contributed by atoms with E-state index in [1.165, 1.54) is 24.8 Å². The van der Waals surface area contributed by atoms with E-state index in [1.54, 1.807) is 0 Å². The lowest BCUT2D eigenvalue weighted by Gasteiger charge is -2.14. The molecule has 102 valence electrons. The molecule has 0 aliphatic rings. The molecular weight excluding hydrogens is 222 g/mol. The van der Waals surface area contributed by atoms with Gasteiger partial charge in [-0.15, -0.1) is 0 Å². The molecule has 0 saturated carbocycles. The van der Waals surface area contributed by atoms with Crippen LogP contribution in [-0.4, -0.2) is 13.2 Å². The summed E-state index contributed by atoms with van der Waals surface area (Å²) in [7, 11) is 0. The Labute approximate surface area is 112 Å².